The largest absolute Gasteiger partial charge is 0.469 e. The second kappa shape index (κ2) is 7.20. The molecule has 0 radical (unpaired) electrons. The number of esters is 1. The van der Waals surface area contributed by atoms with E-state index in [1.54, 1.807) is 17.0 Å². The summed E-state index contributed by atoms with van der Waals surface area (Å²) in [6.45, 7) is 6.18. The molecule has 132 valence electrons. The lowest BCUT2D eigenvalue weighted by Crippen LogP contribution is -2.46. The molecule has 2 atom stereocenters. The summed E-state index contributed by atoms with van der Waals surface area (Å²) in [5, 5.41) is 0. The minimum atomic E-state index is -0.582. The summed E-state index contributed by atoms with van der Waals surface area (Å²) < 4.78 is 23.5. The molecule has 1 aliphatic heterocycles. The van der Waals surface area contributed by atoms with Crippen LogP contribution in [-0.2, 0) is 14.3 Å². The molecular formula is C18H24FNO4. The van der Waals surface area contributed by atoms with Crippen LogP contribution in [0.3, 0.4) is 0 Å². The maximum Gasteiger partial charge on any atom is 0.410 e. The minimum absolute atomic E-state index is 0.251. The Kier molecular flexibility index (Phi) is 5.47. The fourth-order valence-corrected chi connectivity index (χ4v) is 2.93. The number of nitrogens with zero attached hydrogens (tertiary/aromatic N) is 1. The number of carbonyl (C=O) groups is 2. The number of carbonyl (C=O) groups excluding carboxylic acids is 2. The van der Waals surface area contributed by atoms with Gasteiger partial charge in [0.1, 0.15) is 11.4 Å². The van der Waals surface area contributed by atoms with Gasteiger partial charge >= 0.3 is 12.1 Å². The van der Waals surface area contributed by atoms with E-state index in [0.29, 0.717) is 19.5 Å². The van der Waals surface area contributed by atoms with E-state index in [-0.39, 0.29) is 23.6 Å². The van der Waals surface area contributed by atoms with E-state index in [1.165, 1.54) is 19.2 Å². The number of ether oxygens (including phenoxy) is 2. The van der Waals surface area contributed by atoms with E-state index in [0.717, 1.165) is 5.56 Å². The zero-order chi connectivity index (χ0) is 17.9. The molecule has 0 saturated carbocycles. The Balaban J connectivity index is 2.21. The van der Waals surface area contributed by atoms with E-state index in [2.05, 4.69) is 0 Å². The number of piperidine rings is 1. The quantitative estimate of drug-likeness (QED) is 0.777. The molecule has 2 rings (SSSR count). The second-order valence-corrected chi connectivity index (χ2v) is 7.00. The Labute approximate surface area is 141 Å². The molecule has 0 aromatic heterocycles. The minimum Gasteiger partial charge on any atom is -0.469 e. The van der Waals surface area contributed by atoms with Crippen LogP contribution < -0.4 is 0 Å². The zero-order valence-corrected chi connectivity index (χ0v) is 14.5. The van der Waals surface area contributed by atoms with Gasteiger partial charge < -0.3 is 14.4 Å². The molecule has 6 heteroatoms. The molecule has 1 heterocycles. The van der Waals surface area contributed by atoms with Gasteiger partial charge in [-0.2, -0.15) is 0 Å². The van der Waals surface area contributed by atoms with Crippen molar-refractivity contribution in [3.8, 4) is 0 Å². The molecule has 1 aromatic rings. The SMILES string of the molecule is COC(=O)[C@H]1CCN(C(=O)OC(C)(C)C)C[C@H]1c1ccc(F)cc1. The molecule has 1 amide bonds. The molecule has 1 fully saturated rings. The van der Waals surface area contributed by atoms with Gasteiger partial charge in [0.2, 0.25) is 0 Å². The van der Waals surface area contributed by atoms with Crippen LogP contribution in [0.15, 0.2) is 24.3 Å². The molecule has 0 aliphatic carbocycles. The summed E-state index contributed by atoms with van der Waals surface area (Å²) in [5.41, 5.74) is 0.224. The van der Waals surface area contributed by atoms with Crippen molar-refractivity contribution in [3.63, 3.8) is 0 Å². The predicted octanol–water partition coefficient (Wildman–Crippen LogP) is 3.34. The summed E-state index contributed by atoms with van der Waals surface area (Å²) in [6.07, 6.45) is 0.0754. The van der Waals surface area contributed by atoms with Gasteiger partial charge in [0.15, 0.2) is 0 Å². The number of rotatable bonds is 2. The fraction of sp³-hybridized carbons (Fsp3) is 0.556. The van der Waals surface area contributed by atoms with Crippen LogP contribution in [0.4, 0.5) is 9.18 Å². The van der Waals surface area contributed by atoms with Gasteiger partial charge in [0, 0.05) is 19.0 Å². The Morgan fingerprint density at radius 2 is 1.83 bits per heavy atom. The molecule has 1 saturated heterocycles. The molecule has 1 aliphatic rings. The highest BCUT2D eigenvalue weighted by Crippen LogP contribution is 2.34. The van der Waals surface area contributed by atoms with E-state index in [4.69, 9.17) is 9.47 Å². The third-order valence-electron chi connectivity index (χ3n) is 4.07. The molecule has 5 nitrogen and oxygen atoms in total. The summed E-state index contributed by atoms with van der Waals surface area (Å²) in [7, 11) is 1.35. The average Bonchev–Trinajstić information content (AvgIpc) is 2.52. The van der Waals surface area contributed by atoms with Gasteiger partial charge in [-0.15, -0.1) is 0 Å². The van der Waals surface area contributed by atoms with Gasteiger partial charge in [-0.25, -0.2) is 9.18 Å². The van der Waals surface area contributed by atoms with E-state index >= 15 is 0 Å². The number of benzene rings is 1. The van der Waals surface area contributed by atoms with Gasteiger partial charge in [-0.3, -0.25) is 4.79 Å². The first-order valence-electron chi connectivity index (χ1n) is 8.02. The third-order valence-corrected chi connectivity index (χ3v) is 4.07. The lowest BCUT2D eigenvalue weighted by atomic mass is 9.81. The van der Waals surface area contributed by atoms with Crippen molar-refractivity contribution in [2.45, 2.75) is 38.7 Å². The second-order valence-electron chi connectivity index (χ2n) is 7.00. The van der Waals surface area contributed by atoms with Gasteiger partial charge in [-0.1, -0.05) is 12.1 Å². The van der Waals surface area contributed by atoms with Crippen LogP contribution in [0.5, 0.6) is 0 Å². The third kappa shape index (κ3) is 4.46. The molecule has 0 bridgehead atoms. The van der Waals surface area contributed by atoms with Crippen LogP contribution >= 0.6 is 0 Å². The summed E-state index contributed by atoms with van der Waals surface area (Å²) in [4.78, 5) is 26.0. The van der Waals surface area contributed by atoms with Crippen LogP contribution in [-0.4, -0.2) is 42.8 Å². The first kappa shape index (κ1) is 18.2. The van der Waals surface area contributed by atoms with Crippen molar-refractivity contribution >= 4 is 12.1 Å². The van der Waals surface area contributed by atoms with Crippen LogP contribution in [0, 0.1) is 11.7 Å². The molecule has 24 heavy (non-hydrogen) atoms. The van der Waals surface area contributed by atoms with Crippen LogP contribution in [0.25, 0.3) is 0 Å². The van der Waals surface area contributed by atoms with Crippen molar-refractivity contribution in [3.05, 3.63) is 35.6 Å². The van der Waals surface area contributed by atoms with Gasteiger partial charge in [0.25, 0.3) is 0 Å². The maximum atomic E-state index is 13.2. The highest BCUT2D eigenvalue weighted by Gasteiger charge is 2.38. The summed E-state index contributed by atoms with van der Waals surface area (Å²) in [6, 6.07) is 6.01. The Hall–Kier alpha value is -2.11. The van der Waals surface area contributed by atoms with Crippen molar-refractivity contribution < 1.29 is 23.5 Å². The summed E-state index contributed by atoms with van der Waals surface area (Å²) in [5.74, 6) is -1.26. The lowest BCUT2D eigenvalue weighted by molar-refractivity contribution is -0.147. The topological polar surface area (TPSA) is 55.8 Å². The molecule has 0 N–H and O–H groups in total. The van der Waals surface area contributed by atoms with Gasteiger partial charge in [0.05, 0.1) is 13.0 Å². The summed E-state index contributed by atoms with van der Waals surface area (Å²) >= 11 is 0. The van der Waals surface area contributed by atoms with E-state index in [1.807, 2.05) is 20.8 Å². The number of likely N-dealkylation sites (tertiary alicyclic amines) is 1. The number of halogens is 1. The van der Waals surface area contributed by atoms with Crippen LogP contribution in [0.2, 0.25) is 0 Å². The van der Waals surface area contributed by atoms with E-state index in [9.17, 15) is 14.0 Å². The highest BCUT2D eigenvalue weighted by molar-refractivity contribution is 5.75. The lowest BCUT2D eigenvalue weighted by Gasteiger charge is -2.38. The normalized spacial score (nSPS) is 21.3. The standard InChI is InChI=1S/C18H24FNO4/c1-18(2,3)24-17(22)20-10-9-14(16(21)23-4)15(11-20)12-5-7-13(19)8-6-12/h5-8,14-15H,9-11H2,1-4H3/t14-,15-/m0/s1. The maximum absolute atomic E-state index is 13.2. The first-order chi connectivity index (χ1) is 11.2. The molecule has 0 spiro atoms. The molecule has 1 aromatic carbocycles. The van der Waals surface area contributed by atoms with Crippen molar-refractivity contribution in [2.24, 2.45) is 5.92 Å². The number of amides is 1. The van der Waals surface area contributed by atoms with Gasteiger partial charge in [-0.05, 0) is 44.9 Å². The average molecular weight is 337 g/mol. The molecular weight excluding hydrogens is 313 g/mol. The Morgan fingerprint density at radius 3 is 2.38 bits per heavy atom. The first-order valence-corrected chi connectivity index (χ1v) is 8.02. The number of hydrogen-bond acceptors (Lipinski definition) is 4. The number of hydrogen-bond donors (Lipinski definition) is 0. The number of methoxy groups -OCH3 is 1. The predicted molar refractivity (Wildman–Crippen MR) is 87.1 cm³/mol. The monoisotopic (exact) mass is 337 g/mol. The van der Waals surface area contributed by atoms with Crippen LogP contribution in [0.1, 0.15) is 38.7 Å². The molecule has 0 unspecified atom stereocenters. The van der Waals surface area contributed by atoms with Crippen molar-refractivity contribution in [1.82, 2.24) is 4.90 Å². The highest BCUT2D eigenvalue weighted by atomic mass is 19.1. The smallest absolute Gasteiger partial charge is 0.410 e. The zero-order valence-electron chi connectivity index (χ0n) is 14.5. The Bertz CT molecular complexity index is 594. The van der Waals surface area contributed by atoms with Crippen molar-refractivity contribution in [1.29, 1.82) is 0 Å². The fourth-order valence-electron chi connectivity index (χ4n) is 2.93. The van der Waals surface area contributed by atoms with Crippen molar-refractivity contribution in [2.75, 3.05) is 20.2 Å². The van der Waals surface area contributed by atoms with E-state index < -0.39 is 11.7 Å². The Morgan fingerprint density at radius 1 is 1.21 bits per heavy atom.